The van der Waals surface area contributed by atoms with Gasteiger partial charge >= 0.3 is 17.9 Å². The van der Waals surface area contributed by atoms with E-state index in [1.165, 1.54) is 25.7 Å². The molecule has 6 heteroatoms. The van der Waals surface area contributed by atoms with E-state index in [0.29, 0.717) is 19.3 Å². The molecule has 1 unspecified atom stereocenters. The third kappa shape index (κ3) is 44.8. The van der Waals surface area contributed by atoms with E-state index in [-0.39, 0.29) is 38.0 Å². The molecule has 1 atom stereocenters. The standard InChI is InChI=1S/C53H82O6/c1-4-7-10-13-16-19-22-23-24-25-26-27-28-29-32-34-37-40-43-46-52(55)58-49-50(59-53(56)47-44-41-38-35-31-21-18-15-12-9-6-3)48-57-51(54)45-42-39-36-33-30-20-17-14-11-8-5-2/h7,9-10,12,14,16-19,21,23-24,26-27,29,32,35,37-38,40,50H,4-6,8,11,13,15,20,22,25,28,30-31,33-34,36,39,41-49H2,1-3H3/b10-7-,12-9-,17-14-,19-16-,21-18-,24-23-,27-26-,32-29-,38-35-,40-37-. The summed E-state index contributed by atoms with van der Waals surface area (Å²) in [6, 6.07) is 0. The van der Waals surface area contributed by atoms with Crippen LogP contribution in [-0.2, 0) is 28.6 Å². The number of unbranched alkanes of at least 4 members (excludes halogenated alkanes) is 8. The van der Waals surface area contributed by atoms with Gasteiger partial charge in [-0.05, 0) is 103 Å². The van der Waals surface area contributed by atoms with Gasteiger partial charge in [0.05, 0.1) is 0 Å². The van der Waals surface area contributed by atoms with Crippen LogP contribution in [0, 0.1) is 0 Å². The summed E-state index contributed by atoms with van der Waals surface area (Å²) in [5.74, 6) is -1.10. The van der Waals surface area contributed by atoms with Crippen molar-refractivity contribution in [2.75, 3.05) is 13.2 Å². The number of allylic oxidation sites excluding steroid dienone is 20. The van der Waals surface area contributed by atoms with Crippen LogP contribution >= 0.6 is 0 Å². The van der Waals surface area contributed by atoms with E-state index < -0.39 is 12.1 Å². The maximum absolute atomic E-state index is 12.7. The average molecular weight is 815 g/mol. The van der Waals surface area contributed by atoms with Crippen LogP contribution in [0.5, 0.6) is 0 Å². The summed E-state index contributed by atoms with van der Waals surface area (Å²) < 4.78 is 16.6. The lowest BCUT2D eigenvalue weighted by atomic mass is 10.1. The van der Waals surface area contributed by atoms with Gasteiger partial charge in [-0.3, -0.25) is 14.4 Å². The molecule has 330 valence electrons. The fourth-order valence-corrected chi connectivity index (χ4v) is 5.53. The first kappa shape index (κ1) is 54.8. The molecule has 0 amide bonds. The highest BCUT2D eigenvalue weighted by Gasteiger charge is 2.19. The van der Waals surface area contributed by atoms with Gasteiger partial charge in [-0.25, -0.2) is 0 Å². The molecule has 0 fully saturated rings. The number of carbonyl (C=O) groups is 3. The van der Waals surface area contributed by atoms with Crippen LogP contribution in [0.25, 0.3) is 0 Å². The van der Waals surface area contributed by atoms with Crippen LogP contribution < -0.4 is 0 Å². The van der Waals surface area contributed by atoms with E-state index >= 15 is 0 Å². The van der Waals surface area contributed by atoms with Crippen LogP contribution in [0.15, 0.2) is 122 Å². The molecule has 0 spiro atoms. The molecular formula is C53H82O6. The van der Waals surface area contributed by atoms with E-state index in [2.05, 4.69) is 130 Å². The molecular weight excluding hydrogens is 733 g/mol. The first-order valence-electron chi connectivity index (χ1n) is 23.0. The SMILES string of the molecule is CC/C=C\C/C=C\C/C=C\C/C=C\C/C=C\C/C=C\CCC(=O)OCC(COC(=O)CCCCCCC/C=C\CCCC)OC(=O)CCC/C=C\C/C=C\C/C=C\CC. The second-order valence-corrected chi connectivity index (χ2v) is 14.5. The monoisotopic (exact) mass is 815 g/mol. The van der Waals surface area contributed by atoms with Gasteiger partial charge in [0.2, 0.25) is 0 Å². The minimum Gasteiger partial charge on any atom is -0.462 e. The van der Waals surface area contributed by atoms with Gasteiger partial charge in [0.1, 0.15) is 13.2 Å². The lowest BCUT2D eigenvalue weighted by molar-refractivity contribution is -0.166. The summed E-state index contributed by atoms with van der Waals surface area (Å²) in [6.45, 7) is 6.21. The summed E-state index contributed by atoms with van der Waals surface area (Å²) in [4.78, 5) is 37.7. The summed E-state index contributed by atoms with van der Waals surface area (Å²) >= 11 is 0. The zero-order chi connectivity index (χ0) is 43.0. The Labute approximate surface area is 361 Å². The second kappa shape index (κ2) is 46.5. The first-order chi connectivity index (χ1) is 29.0. The number of ether oxygens (including phenoxy) is 3. The van der Waals surface area contributed by atoms with Crippen LogP contribution in [0.2, 0.25) is 0 Å². The largest absolute Gasteiger partial charge is 0.462 e. The van der Waals surface area contributed by atoms with E-state index in [1.807, 2.05) is 12.2 Å². The van der Waals surface area contributed by atoms with Crippen LogP contribution in [0.4, 0.5) is 0 Å². The molecule has 0 heterocycles. The van der Waals surface area contributed by atoms with Crippen molar-refractivity contribution < 1.29 is 28.6 Å². The lowest BCUT2D eigenvalue weighted by Crippen LogP contribution is -2.30. The summed E-state index contributed by atoms with van der Waals surface area (Å²) in [7, 11) is 0. The maximum Gasteiger partial charge on any atom is 0.306 e. The molecule has 0 aromatic heterocycles. The van der Waals surface area contributed by atoms with Crippen molar-refractivity contribution in [1.29, 1.82) is 0 Å². The number of hydrogen-bond acceptors (Lipinski definition) is 6. The Hall–Kier alpha value is -4.19. The van der Waals surface area contributed by atoms with Crippen molar-refractivity contribution >= 4 is 17.9 Å². The predicted molar refractivity (Wildman–Crippen MR) is 251 cm³/mol. The third-order valence-corrected chi connectivity index (χ3v) is 8.94. The summed E-state index contributed by atoms with van der Waals surface area (Å²) in [6.07, 6.45) is 63.5. The molecule has 0 radical (unpaired) electrons. The molecule has 0 rings (SSSR count). The van der Waals surface area contributed by atoms with Gasteiger partial charge in [-0.2, -0.15) is 0 Å². The fraction of sp³-hybridized carbons (Fsp3) is 0.566. The smallest absolute Gasteiger partial charge is 0.306 e. The van der Waals surface area contributed by atoms with Gasteiger partial charge in [-0.15, -0.1) is 0 Å². The van der Waals surface area contributed by atoms with E-state index in [4.69, 9.17) is 14.2 Å². The number of hydrogen-bond donors (Lipinski definition) is 0. The van der Waals surface area contributed by atoms with Gasteiger partial charge in [0.15, 0.2) is 6.10 Å². The number of carbonyl (C=O) groups excluding carboxylic acids is 3. The van der Waals surface area contributed by atoms with Gasteiger partial charge in [-0.1, -0.05) is 174 Å². The van der Waals surface area contributed by atoms with Crippen molar-refractivity contribution in [2.45, 2.75) is 181 Å². The van der Waals surface area contributed by atoms with Gasteiger partial charge < -0.3 is 14.2 Å². The van der Waals surface area contributed by atoms with Gasteiger partial charge in [0, 0.05) is 19.3 Å². The van der Waals surface area contributed by atoms with Crippen LogP contribution in [0.1, 0.15) is 175 Å². The summed E-state index contributed by atoms with van der Waals surface area (Å²) in [5, 5.41) is 0. The molecule has 0 aromatic rings. The van der Waals surface area contributed by atoms with Crippen molar-refractivity contribution in [3.63, 3.8) is 0 Å². The molecule has 0 aliphatic carbocycles. The average Bonchev–Trinajstić information content (AvgIpc) is 3.23. The Balaban J connectivity index is 4.56. The Morgan fingerprint density at radius 2 is 0.712 bits per heavy atom. The predicted octanol–water partition coefficient (Wildman–Crippen LogP) is 15.0. The Morgan fingerprint density at radius 1 is 0.356 bits per heavy atom. The summed E-state index contributed by atoms with van der Waals surface area (Å²) in [5.41, 5.74) is 0. The van der Waals surface area contributed by atoms with Crippen molar-refractivity contribution in [1.82, 2.24) is 0 Å². The minimum absolute atomic E-state index is 0.130. The van der Waals surface area contributed by atoms with Crippen molar-refractivity contribution in [3.05, 3.63) is 122 Å². The number of esters is 3. The fourth-order valence-electron chi connectivity index (χ4n) is 5.53. The molecule has 6 nitrogen and oxygen atoms in total. The topological polar surface area (TPSA) is 78.9 Å². The normalized spacial score (nSPS) is 13.2. The molecule has 0 saturated carbocycles. The van der Waals surface area contributed by atoms with Crippen LogP contribution in [-0.4, -0.2) is 37.2 Å². The Kier molecular flexibility index (Phi) is 43.2. The molecule has 0 N–H and O–H groups in total. The quantitative estimate of drug-likeness (QED) is 0.0266. The van der Waals surface area contributed by atoms with Gasteiger partial charge in [0.25, 0.3) is 0 Å². The highest BCUT2D eigenvalue weighted by atomic mass is 16.6. The molecule has 59 heavy (non-hydrogen) atoms. The molecule has 0 aliphatic rings. The minimum atomic E-state index is -0.839. The van der Waals surface area contributed by atoms with Crippen molar-refractivity contribution in [3.8, 4) is 0 Å². The second-order valence-electron chi connectivity index (χ2n) is 14.5. The zero-order valence-corrected chi connectivity index (χ0v) is 37.5. The molecule has 0 saturated heterocycles. The van der Waals surface area contributed by atoms with E-state index in [9.17, 15) is 14.4 Å². The first-order valence-corrected chi connectivity index (χ1v) is 23.0. The third-order valence-electron chi connectivity index (χ3n) is 8.94. The Morgan fingerprint density at radius 3 is 1.20 bits per heavy atom. The zero-order valence-electron chi connectivity index (χ0n) is 37.5. The molecule has 0 aromatic carbocycles. The highest BCUT2D eigenvalue weighted by Crippen LogP contribution is 2.11. The van der Waals surface area contributed by atoms with E-state index in [0.717, 1.165) is 96.3 Å². The number of rotatable bonds is 39. The molecule has 0 bridgehead atoms. The molecule has 0 aliphatic heterocycles. The maximum atomic E-state index is 12.7. The highest BCUT2D eigenvalue weighted by molar-refractivity contribution is 5.71. The van der Waals surface area contributed by atoms with Crippen molar-refractivity contribution in [2.24, 2.45) is 0 Å². The van der Waals surface area contributed by atoms with Crippen LogP contribution in [0.3, 0.4) is 0 Å². The lowest BCUT2D eigenvalue weighted by Gasteiger charge is -2.18. The Bertz CT molecular complexity index is 1300. The van der Waals surface area contributed by atoms with E-state index in [1.54, 1.807) is 0 Å².